The number of nitrogens with one attached hydrogen (secondary N) is 1. The van der Waals surface area contributed by atoms with E-state index in [1.54, 1.807) is 13.0 Å². The molecule has 2 unspecified atom stereocenters. The van der Waals surface area contributed by atoms with Crippen molar-refractivity contribution in [2.24, 2.45) is 0 Å². The molecule has 0 spiro atoms. The van der Waals surface area contributed by atoms with Crippen LogP contribution in [-0.4, -0.2) is 42.0 Å². The maximum absolute atomic E-state index is 12.9. The number of oxazole rings is 1. The molecule has 3 aromatic rings. The number of nitrogens with zero attached hydrogens (tertiary/aromatic N) is 2. The largest absolute Gasteiger partial charge is 0.441 e. The summed E-state index contributed by atoms with van der Waals surface area (Å²) >= 11 is 0. The maximum Gasteiger partial charge on any atom is 0.253 e. The van der Waals surface area contributed by atoms with Gasteiger partial charge in [0.25, 0.3) is 5.91 Å². The molecule has 1 amide bonds. The monoisotopic (exact) mass is 335 g/mol. The van der Waals surface area contributed by atoms with E-state index in [-0.39, 0.29) is 17.9 Å². The van der Waals surface area contributed by atoms with Crippen molar-refractivity contribution in [3.05, 3.63) is 65.5 Å². The first kappa shape index (κ1) is 15.8. The molecule has 2 atom stereocenters. The molecular weight excluding hydrogens is 314 g/mol. The quantitative estimate of drug-likeness (QED) is 0.799. The molecule has 4 rings (SSSR count). The summed E-state index contributed by atoms with van der Waals surface area (Å²) in [6.07, 6.45) is 0. The topological polar surface area (TPSA) is 58.4 Å². The van der Waals surface area contributed by atoms with Gasteiger partial charge in [-0.1, -0.05) is 36.4 Å². The van der Waals surface area contributed by atoms with E-state index in [0.717, 1.165) is 13.1 Å². The van der Waals surface area contributed by atoms with Gasteiger partial charge < -0.3 is 14.6 Å². The SMILES string of the molecule is Cc1nc2c(C(=O)NC3CN(C)CC3c3ccccc3)cccc2o1. The highest BCUT2D eigenvalue weighted by Crippen LogP contribution is 2.27. The number of rotatable bonds is 3. The van der Waals surface area contributed by atoms with E-state index in [0.29, 0.717) is 22.6 Å². The fourth-order valence-electron chi connectivity index (χ4n) is 3.67. The van der Waals surface area contributed by atoms with E-state index < -0.39 is 0 Å². The molecule has 5 heteroatoms. The number of fused-ring (bicyclic) bond motifs is 1. The molecule has 5 nitrogen and oxygen atoms in total. The van der Waals surface area contributed by atoms with Crippen molar-refractivity contribution in [1.29, 1.82) is 0 Å². The summed E-state index contributed by atoms with van der Waals surface area (Å²) in [5.74, 6) is 0.756. The third-order valence-corrected chi connectivity index (χ3v) is 4.82. The predicted molar refractivity (Wildman–Crippen MR) is 96.7 cm³/mol. The van der Waals surface area contributed by atoms with Crippen molar-refractivity contribution in [2.45, 2.75) is 18.9 Å². The lowest BCUT2D eigenvalue weighted by molar-refractivity contribution is 0.0937. The lowest BCUT2D eigenvalue weighted by Gasteiger charge is -2.20. The smallest absolute Gasteiger partial charge is 0.253 e. The van der Waals surface area contributed by atoms with Gasteiger partial charge >= 0.3 is 0 Å². The summed E-state index contributed by atoms with van der Waals surface area (Å²) in [5, 5.41) is 3.21. The van der Waals surface area contributed by atoms with Crippen molar-refractivity contribution in [3.63, 3.8) is 0 Å². The lowest BCUT2D eigenvalue weighted by Crippen LogP contribution is -2.39. The van der Waals surface area contributed by atoms with Gasteiger partial charge in [-0.2, -0.15) is 0 Å². The normalized spacial score (nSPS) is 20.9. The Morgan fingerprint density at radius 3 is 2.76 bits per heavy atom. The molecule has 0 aliphatic carbocycles. The minimum Gasteiger partial charge on any atom is -0.441 e. The lowest BCUT2D eigenvalue weighted by atomic mass is 9.94. The second-order valence-corrected chi connectivity index (χ2v) is 6.70. The molecule has 1 aromatic heterocycles. The van der Waals surface area contributed by atoms with Crippen LogP contribution in [0.25, 0.3) is 11.1 Å². The number of aryl methyl sites for hydroxylation is 1. The zero-order valence-corrected chi connectivity index (χ0v) is 14.4. The molecule has 0 bridgehead atoms. The minimum atomic E-state index is -0.0971. The maximum atomic E-state index is 12.9. The molecule has 0 radical (unpaired) electrons. The number of carbonyl (C=O) groups excluding carboxylic acids is 1. The van der Waals surface area contributed by atoms with Crippen LogP contribution in [0.5, 0.6) is 0 Å². The van der Waals surface area contributed by atoms with Crippen molar-refractivity contribution in [2.75, 3.05) is 20.1 Å². The number of carbonyl (C=O) groups is 1. The highest BCUT2D eigenvalue weighted by molar-refractivity contribution is 6.04. The number of likely N-dealkylation sites (N-methyl/N-ethyl adjacent to an activating group) is 1. The number of likely N-dealkylation sites (tertiary alicyclic amines) is 1. The van der Waals surface area contributed by atoms with Gasteiger partial charge in [0.05, 0.1) is 5.56 Å². The van der Waals surface area contributed by atoms with Crippen LogP contribution in [0.2, 0.25) is 0 Å². The number of amides is 1. The zero-order valence-electron chi connectivity index (χ0n) is 14.4. The Hall–Kier alpha value is -2.66. The molecule has 128 valence electrons. The van der Waals surface area contributed by atoms with E-state index in [1.165, 1.54) is 5.56 Å². The summed E-state index contributed by atoms with van der Waals surface area (Å²) in [7, 11) is 2.09. The summed E-state index contributed by atoms with van der Waals surface area (Å²) in [4.78, 5) is 19.5. The summed E-state index contributed by atoms with van der Waals surface area (Å²) in [6, 6.07) is 15.9. The molecule has 2 heterocycles. The van der Waals surface area contributed by atoms with Gasteiger partial charge in [0, 0.05) is 32.0 Å². The fraction of sp³-hybridized carbons (Fsp3) is 0.300. The third-order valence-electron chi connectivity index (χ3n) is 4.82. The Labute approximate surface area is 146 Å². The van der Waals surface area contributed by atoms with E-state index in [1.807, 2.05) is 30.3 Å². The van der Waals surface area contributed by atoms with E-state index in [4.69, 9.17) is 4.42 Å². The van der Waals surface area contributed by atoms with Crippen molar-refractivity contribution in [1.82, 2.24) is 15.2 Å². The van der Waals surface area contributed by atoms with Crippen LogP contribution in [0.15, 0.2) is 52.9 Å². The first-order valence-corrected chi connectivity index (χ1v) is 8.52. The van der Waals surface area contributed by atoms with Gasteiger partial charge in [-0.15, -0.1) is 0 Å². The number of hydrogen-bond donors (Lipinski definition) is 1. The van der Waals surface area contributed by atoms with Gasteiger partial charge in [-0.3, -0.25) is 4.79 Å². The molecule has 1 fully saturated rings. The molecule has 1 N–H and O–H groups in total. The molecule has 1 aliphatic rings. The van der Waals surface area contributed by atoms with E-state index >= 15 is 0 Å². The van der Waals surface area contributed by atoms with Gasteiger partial charge in [-0.05, 0) is 24.7 Å². The summed E-state index contributed by atoms with van der Waals surface area (Å²) in [6.45, 7) is 3.56. The number of hydrogen-bond acceptors (Lipinski definition) is 4. The second-order valence-electron chi connectivity index (χ2n) is 6.70. The van der Waals surface area contributed by atoms with E-state index in [9.17, 15) is 4.79 Å². The summed E-state index contributed by atoms with van der Waals surface area (Å²) in [5.41, 5.74) is 3.09. The molecule has 25 heavy (non-hydrogen) atoms. The van der Waals surface area contributed by atoms with Gasteiger partial charge in [-0.25, -0.2) is 4.98 Å². The number of para-hydroxylation sites is 1. The first-order valence-electron chi connectivity index (χ1n) is 8.52. The van der Waals surface area contributed by atoms with Crippen LogP contribution in [0.1, 0.15) is 27.7 Å². The standard InChI is InChI=1S/C20H21N3O2/c1-13-21-19-15(9-6-10-18(19)25-13)20(24)22-17-12-23(2)11-16(17)14-7-4-3-5-8-14/h3-10,16-17H,11-12H2,1-2H3,(H,22,24). The molecular formula is C20H21N3O2. The van der Waals surface area contributed by atoms with E-state index in [2.05, 4.69) is 34.4 Å². The average molecular weight is 335 g/mol. The van der Waals surface area contributed by atoms with Gasteiger partial charge in [0.15, 0.2) is 11.5 Å². The first-order chi connectivity index (χ1) is 12.1. The summed E-state index contributed by atoms with van der Waals surface area (Å²) < 4.78 is 5.54. The average Bonchev–Trinajstić information content (AvgIpc) is 3.16. The fourth-order valence-corrected chi connectivity index (χ4v) is 3.67. The second kappa shape index (κ2) is 6.33. The Balaban J connectivity index is 1.60. The third kappa shape index (κ3) is 3.03. The minimum absolute atomic E-state index is 0.0724. The Morgan fingerprint density at radius 2 is 1.96 bits per heavy atom. The number of benzene rings is 2. The van der Waals surface area contributed by atoms with Crippen molar-refractivity contribution >= 4 is 17.0 Å². The Kier molecular flexibility index (Phi) is 4.01. The van der Waals surface area contributed by atoms with Crippen LogP contribution in [0.3, 0.4) is 0 Å². The molecule has 1 aliphatic heterocycles. The van der Waals surface area contributed by atoms with Crippen LogP contribution < -0.4 is 5.32 Å². The van der Waals surface area contributed by atoms with Crippen LogP contribution in [0, 0.1) is 6.92 Å². The van der Waals surface area contributed by atoms with Crippen LogP contribution in [-0.2, 0) is 0 Å². The highest BCUT2D eigenvalue weighted by Gasteiger charge is 2.33. The van der Waals surface area contributed by atoms with Crippen molar-refractivity contribution < 1.29 is 9.21 Å². The zero-order chi connectivity index (χ0) is 17.4. The van der Waals surface area contributed by atoms with Gasteiger partial charge in [0.2, 0.25) is 0 Å². The van der Waals surface area contributed by atoms with Gasteiger partial charge in [0.1, 0.15) is 5.52 Å². The Bertz CT molecular complexity index is 904. The van der Waals surface area contributed by atoms with Crippen LogP contribution in [0.4, 0.5) is 0 Å². The predicted octanol–water partition coefficient (Wildman–Crippen LogP) is 2.96. The van der Waals surface area contributed by atoms with Crippen LogP contribution >= 0.6 is 0 Å². The Morgan fingerprint density at radius 1 is 1.16 bits per heavy atom. The molecule has 0 saturated carbocycles. The van der Waals surface area contributed by atoms with Crippen molar-refractivity contribution in [3.8, 4) is 0 Å². The highest BCUT2D eigenvalue weighted by atomic mass is 16.3. The number of aromatic nitrogens is 1. The molecule has 2 aromatic carbocycles. The molecule has 1 saturated heterocycles.